The van der Waals surface area contributed by atoms with Gasteiger partial charge in [0.05, 0.1) is 18.5 Å². The Morgan fingerprint density at radius 3 is 2.55 bits per heavy atom. The summed E-state index contributed by atoms with van der Waals surface area (Å²) in [4.78, 5) is 11.9. The number of hydrogen-bond acceptors (Lipinski definition) is 3. The number of methoxy groups -OCH3 is 1. The number of phenolic OH excluding ortho intramolecular Hbond substituents is 1. The first kappa shape index (κ1) is 13.7. The minimum absolute atomic E-state index is 0.0192. The van der Waals surface area contributed by atoms with Crippen LogP contribution < -0.4 is 15.4 Å². The zero-order valence-electron chi connectivity index (χ0n) is 11.3. The number of aryl methyl sites for hydroxylation is 1. The van der Waals surface area contributed by atoms with Crippen molar-refractivity contribution in [1.29, 1.82) is 0 Å². The van der Waals surface area contributed by atoms with E-state index in [1.807, 2.05) is 13.0 Å². The molecule has 0 fully saturated rings. The molecule has 0 bridgehead atoms. The molecular formula is C15H16N2O3. The predicted octanol–water partition coefficient (Wildman–Crippen LogP) is 3.35. The minimum Gasteiger partial charge on any atom is -0.506 e. The molecule has 2 aromatic rings. The Labute approximate surface area is 117 Å². The molecule has 5 heteroatoms. The highest BCUT2D eigenvalue weighted by atomic mass is 16.5. The van der Waals surface area contributed by atoms with Gasteiger partial charge in [0, 0.05) is 0 Å². The standard InChI is InChI=1S/C15H16N2O3/c1-10-7-8-13(18)12(9-10)17-15(19)16-11-5-3-4-6-14(11)20-2/h3-9,18H,1-2H3,(H2,16,17,19). The van der Waals surface area contributed by atoms with E-state index in [9.17, 15) is 9.90 Å². The summed E-state index contributed by atoms with van der Waals surface area (Å²) in [5.74, 6) is 0.585. The molecule has 0 spiro atoms. The maximum Gasteiger partial charge on any atom is 0.323 e. The van der Waals surface area contributed by atoms with E-state index in [1.165, 1.54) is 13.2 Å². The fraction of sp³-hybridized carbons (Fsp3) is 0.133. The van der Waals surface area contributed by atoms with Gasteiger partial charge in [-0.05, 0) is 36.8 Å². The van der Waals surface area contributed by atoms with Gasteiger partial charge in [-0.3, -0.25) is 0 Å². The molecule has 0 unspecified atom stereocenters. The molecule has 0 aliphatic carbocycles. The number of anilines is 2. The molecule has 3 N–H and O–H groups in total. The molecule has 0 aliphatic rings. The van der Waals surface area contributed by atoms with Gasteiger partial charge in [-0.1, -0.05) is 18.2 Å². The van der Waals surface area contributed by atoms with Crippen LogP contribution in [-0.2, 0) is 0 Å². The Balaban J connectivity index is 2.11. The number of hydrogen-bond donors (Lipinski definition) is 3. The lowest BCUT2D eigenvalue weighted by atomic mass is 10.2. The van der Waals surface area contributed by atoms with Crippen molar-refractivity contribution >= 4 is 17.4 Å². The van der Waals surface area contributed by atoms with Gasteiger partial charge in [-0.15, -0.1) is 0 Å². The van der Waals surface area contributed by atoms with Crippen molar-refractivity contribution in [3.63, 3.8) is 0 Å². The quantitative estimate of drug-likeness (QED) is 0.750. The number of benzene rings is 2. The van der Waals surface area contributed by atoms with Gasteiger partial charge < -0.3 is 20.5 Å². The predicted molar refractivity (Wildman–Crippen MR) is 78.5 cm³/mol. The third-order valence-corrected chi connectivity index (χ3v) is 2.76. The molecule has 2 aromatic carbocycles. The SMILES string of the molecule is COc1ccccc1NC(=O)Nc1cc(C)ccc1O. The maximum atomic E-state index is 11.9. The normalized spacial score (nSPS) is 9.90. The van der Waals surface area contributed by atoms with Crippen molar-refractivity contribution < 1.29 is 14.6 Å². The average Bonchev–Trinajstić information content (AvgIpc) is 2.43. The van der Waals surface area contributed by atoms with Gasteiger partial charge in [0.15, 0.2) is 0 Å². The molecule has 0 aliphatic heterocycles. The first-order chi connectivity index (χ1) is 9.60. The second-order valence-electron chi connectivity index (χ2n) is 4.30. The van der Waals surface area contributed by atoms with Crippen molar-refractivity contribution in [2.24, 2.45) is 0 Å². The topological polar surface area (TPSA) is 70.6 Å². The number of phenols is 1. The smallest absolute Gasteiger partial charge is 0.323 e. The summed E-state index contributed by atoms with van der Waals surface area (Å²) in [6.07, 6.45) is 0. The van der Waals surface area contributed by atoms with E-state index >= 15 is 0 Å². The van der Waals surface area contributed by atoms with Gasteiger partial charge in [-0.2, -0.15) is 0 Å². The van der Waals surface area contributed by atoms with Gasteiger partial charge >= 0.3 is 6.03 Å². The summed E-state index contributed by atoms with van der Waals surface area (Å²) in [5, 5.41) is 14.9. The largest absolute Gasteiger partial charge is 0.506 e. The van der Waals surface area contributed by atoms with Gasteiger partial charge in [-0.25, -0.2) is 4.79 Å². The number of carbonyl (C=O) groups is 1. The Kier molecular flexibility index (Phi) is 4.10. The van der Waals surface area contributed by atoms with Crippen LogP contribution in [-0.4, -0.2) is 18.2 Å². The molecule has 0 saturated heterocycles. The summed E-state index contributed by atoms with van der Waals surface area (Å²) in [6, 6.07) is 11.6. The minimum atomic E-state index is -0.449. The first-order valence-electron chi connectivity index (χ1n) is 6.11. The van der Waals surface area contributed by atoms with Crippen LogP contribution in [0.25, 0.3) is 0 Å². The molecule has 2 amide bonds. The Bertz CT molecular complexity index is 626. The number of nitrogens with one attached hydrogen (secondary N) is 2. The Morgan fingerprint density at radius 2 is 1.80 bits per heavy atom. The fourth-order valence-electron chi connectivity index (χ4n) is 1.77. The third-order valence-electron chi connectivity index (χ3n) is 2.76. The number of aromatic hydroxyl groups is 1. The van der Waals surface area contributed by atoms with Crippen LogP contribution in [0, 0.1) is 6.92 Å². The van der Waals surface area contributed by atoms with Crippen LogP contribution in [0.1, 0.15) is 5.56 Å². The molecule has 2 rings (SSSR count). The molecule has 0 atom stereocenters. The van der Waals surface area contributed by atoms with Gasteiger partial charge in [0.25, 0.3) is 0 Å². The van der Waals surface area contributed by atoms with Crippen LogP contribution >= 0.6 is 0 Å². The number of ether oxygens (including phenoxy) is 1. The summed E-state index contributed by atoms with van der Waals surface area (Å²) in [5.41, 5.74) is 1.85. The van der Waals surface area contributed by atoms with E-state index in [0.717, 1.165) is 5.56 Å². The van der Waals surface area contributed by atoms with E-state index < -0.39 is 6.03 Å². The molecule has 0 saturated carbocycles. The van der Waals surface area contributed by atoms with Crippen LogP contribution in [0.2, 0.25) is 0 Å². The molecular weight excluding hydrogens is 256 g/mol. The van der Waals surface area contributed by atoms with Crippen molar-refractivity contribution in [1.82, 2.24) is 0 Å². The van der Waals surface area contributed by atoms with Crippen molar-refractivity contribution in [2.45, 2.75) is 6.92 Å². The van der Waals surface area contributed by atoms with Crippen LogP contribution in [0.3, 0.4) is 0 Å². The van der Waals surface area contributed by atoms with E-state index in [4.69, 9.17) is 4.74 Å². The second-order valence-corrected chi connectivity index (χ2v) is 4.30. The molecule has 0 heterocycles. The van der Waals surface area contributed by atoms with Crippen LogP contribution in [0.4, 0.5) is 16.2 Å². The fourth-order valence-corrected chi connectivity index (χ4v) is 1.77. The van der Waals surface area contributed by atoms with E-state index in [1.54, 1.807) is 30.3 Å². The molecule has 104 valence electrons. The highest BCUT2D eigenvalue weighted by molar-refractivity contribution is 6.01. The summed E-state index contributed by atoms with van der Waals surface area (Å²) < 4.78 is 5.15. The van der Waals surface area contributed by atoms with E-state index in [0.29, 0.717) is 17.1 Å². The van der Waals surface area contributed by atoms with Crippen molar-refractivity contribution in [3.05, 3.63) is 48.0 Å². The lowest BCUT2D eigenvalue weighted by Gasteiger charge is -2.12. The third kappa shape index (κ3) is 3.20. The summed E-state index contributed by atoms with van der Waals surface area (Å²) in [7, 11) is 1.53. The first-order valence-corrected chi connectivity index (χ1v) is 6.11. The average molecular weight is 272 g/mol. The number of para-hydroxylation sites is 2. The Morgan fingerprint density at radius 1 is 1.10 bits per heavy atom. The maximum absolute atomic E-state index is 11.9. The molecule has 20 heavy (non-hydrogen) atoms. The summed E-state index contributed by atoms with van der Waals surface area (Å²) >= 11 is 0. The summed E-state index contributed by atoms with van der Waals surface area (Å²) in [6.45, 7) is 1.88. The number of urea groups is 1. The number of rotatable bonds is 3. The highest BCUT2D eigenvalue weighted by Gasteiger charge is 2.09. The molecule has 0 radical (unpaired) electrons. The van der Waals surface area contributed by atoms with Gasteiger partial charge in [0.2, 0.25) is 0 Å². The van der Waals surface area contributed by atoms with E-state index in [2.05, 4.69) is 10.6 Å². The van der Waals surface area contributed by atoms with Crippen LogP contribution in [0.5, 0.6) is 11.5 Å². The lowest BCUT2D eigenvalue weighted by molar-refractivity contribution is 0.262. The van der Waals surface area contributed by atoms with Gasteiger partial charge in [0.1, 0.15) is 11.5 Å². The zero-order valence-corrected chi connectivity index (χ0v) is 11.3. The zero-order chi connectivity index (χ0) is 14.5. The van der Waals surface area contributed by atoms with E-state index in [-0.39, 0.29) is 5.75 Å². The Hall–Kier alpha value is -2.69. The highest BCUT2D eigenvalue weighted by Crippen LogP contribution is 2.26. The molecule has 5 nitrogen and oxygen atoms in total. The van der Waals surface area contributed by atoms with Crippen molar-refractivity contribution in [2.75, 3.05) is 17.7 Å². The van der Waals surface area contributed by atoms with Crippen LogP contribution in [0.15, 0.2) is 42.5 Å². The van der Waals surface area contributed by atoms with Crippen molar-refractivity contribution in [3.8, 4) is 11.5 Å². The number of carbonyl (C=O) groups excluding carboxylic acids is 1. The lowest BCUT2D eigenvalue weighted by Crippen LogP contribution is -2.19. The molecule has 0 aromatic heterocycles. The number of amides is 2. The monoisotopic (exact) mass is 272 g/mol. The second kappa shape index (κ2) is 5.97.